The highest BCUT2D eigenvalue weighted by Gasteiger charge is 2.33. The van der Waals surface area contributed by atoms with Crippen molar-refractivity contribution >= 4 is 16.9 Å². The molecule has 1 unspecified atom stereocenters. The fourth-order valence-electron chi connectivity index (χ4n) is 5.28. The van der Waals surface area contributed by atoms with Crippen LogP contribution in [0.4, 0.5) is 0 Å². The summed E-state index contributed by atoms with van der Waals surface area (Å²) in [6.45, 7) is 5.80. The molecule has 2 N–H and O–H groups in total. The van der Waals surface area contributed by atoms with Crippen molar-refractivity contribution < 1.29 is 14.4 Å². The number of aryl methyl sites for hydroxylation is 2. The number of carbonyl (C=O) groups excluding carboxylic acids is 1. The lowest BCUT2D eigenvalue weighted by molar-refractivity contribution is -0.123. The van der Waals surface area contributed by atoms with Crippen LogP contribution in [0.15, 0.2) is 22.7 Å². The average Bonchev–Trinajstić information content (AvgIpc) is 3.27. The van der Waals surface area contributed by atoms with Gasteiger partial charge in [-0.1, -0.05) is 11.2 Å². The summed E-state index contributed by atoms with van der Waals surface area (Å²) in [4.78, 5) is 17.2. The zero-order chi connectivity index (χ0) is 21.8. The van der Waals surface area contributed by atoms with Crippen LogP contribution < -0.4 is 5.32 Å². The van der Waals surface area contributed by atoms with Gasteiger partial charge >= 0.3 is 0 Å². The first-order valence-electron chi connectivity index (χ1n) is 11.3. The van der Waals surface area contributed by atoms with Crippen LogP contribution in [0, 0.1) is 13.8 Å². The maximum Gasteiger partial charge on any atom is 0.220 e. The Hall–Kier alpha value is -2.67. The molecule has 3 heterocycles. The van der Waals surface area contributed by atoms with Crippen molar-refractivity contribution in [1.82, 2.24) is 20.0 Å². The van der Waals surface area contributed by atoms with E-state index < -0.39 is 5.60 Å². The molecule has 31 heavy (non-hydrogen) atoms. The molecule has 7 nitrogen and oxygen atoms in total. The van der Waals surface area contributed by atoms with E-state index in [0.717, 1.165) is 78.0 Å². The number of hydrogen-bond acceptors (Lipinski definition) is 5. The molecule has 1 aliphatic heterocycles. The number of fused-ring (bicyclic) bond motifs is 1. The zero-order valence-corrected chi connectivity index (χ0v) is 18.4. The number of aliphatic hydroxyl groups is 1. The van der Waals surface area contributed by atoms with Crippen LogP contribution in [0.3, 0.4) is 0 Å². The molecule has 0 spiro atoms. The minimum Gasteiger partial charge on any atom is -0.390 e. The van der Waals surface area contributed by atoms with Crippen molar-refractivity contribution in [3.63, 3.8) is 0 Å². The summed E-state index contributed by atoms with van der Waals surface area (Å²) in [5, 5.41) is 17.7. The van der Waals surface area contributed by atoms with Crippen molar-refractivity contribution in [2.75, 3.05) is 0 Å². The summed E-state index contributed by atoms with van der Waals surface area (Å²) < 4.78 is 7.70. The third kappa shape index (κ3) is 3.65. The van der Waals surface area contributed by atoms with Crippen LogP contribution >= 0.6 is 0 Å². The van der Waals surface area contributed by atoms with E-state index in [2.05, 4.69) is 33.2 Å². The highest BCUT2D eigenvalue weighted by Crippen LogP contribution is 2.40. The van der Waals surface area contributed by atoms with Crippen LogP contribution in [-0.4, -0.2) is 31.3 Å². The lowest BCUT2D eigenvalue weighted by atomic mass is 9.83. The predicted molar refractivity (Wildman–Crippen MR) is 118 cm³/mol. The minimum absolute atomic E-state index is 0.0707. The Kier molecular flexibility index (Phi) is 4.88. The van der Waals surface area contributed by atoms with E-state index in [-0.39, 0.29) is 18.0 Å². The van der Waals surface area contributed by atoms with Crippen molar-refractivity contribution in [3.05, 3.63) is 35.5 Å². The van der Waals surface area contributed by atoms with E-state index in [9.17, 15) is 9.90 Å². The van der Waals surface area contributed by atoms with Crippen LogP contribution in [0.1, 0.15) is 81.2 Å². The summed E-state index contributed by atoms with van der Waals surface area (Å²) in [7, 11) is 0. The van der Waals surface area contributed by atoms with Gasteiger partial charge in [0.25, 0.3) is 0 Å². The number of rotatable bonds is 3. The van der Waals surface area contributed by atoms with E-state index in [0.29, 0.717) is 6.42 Å². The number of imidazole rings is 1. The first-order chi connectivity index (χ1) is 14.8. The van der Waals surface area contributed by atoms with E-state index in [1.54, 1.807) is 0 Å². The van der Waals surface area contributed by atoms with E-state index in [1.807, 2.05) is 20.8 Å². The largest absolute Gasteiger partial charge is 0.390 e. The first kappa shape index (κ1) is 20.2. The number of carbonyl (C=O) groups is 1. The normalized spacial score (nSPS) is 26.9. The van der Waals surface area contributed by atoms with Gasteiger partial charge in [0.2, 0.25) is 5.91 Å². The van der Waals surface area contributed by atoms with Gasteiger partial charge in [0.05, 0.1) is 28.4 Å². The smallest absolute Gasteiger partial charge is 0.220 e. The molecule has 0 radical (unpaired) electrons. The molecular weight excluding hydrogens is 392 g/mol. The van der Waals surface area contributed by atoms with E-state index in [1.165, 1.54) is 0 Å². The Bertz CT molecular complexity index is 1110. The topological polar surface area (TPSA) is 93.2 Å². The second kappa shape index (κ2) is 7.48. The van der Waals surface area contributed by atoms with Gasteiger partial charge in [-0.25, -0.2) is 4.98 Å². The zero-order valence-electron chi connectivity index (χ0n) is 18.4. The van der Waals surface area contributed by atoms with E-state index >= 15 is 0 Å². The van der Waals surface area contributed by atoms with Crippen molar-refractivity contribution in [3.8, 4) is 11.1 Å². The second-order valence-electron chi connectivity index (χ2n) is 9.48. The third-order valence-corrected chi connectivity index (χ3v) is 6.98. The summed E-state index contributed by atoms with van der Waals surface area (Å²) in [6, 6.07) is 6.54. The molecule has 1 aromatic carbocycles. The Morgan fingerprint density at radius 3 is 2.68 bits per heavy atom. The van der Waals surface area contributed by atoms with Crippen LogP contribution in [-0.2, 0) is 4.79 Å². The second-order valence-corrected chi connectivity index (χ2v) is 9.48. The number of nitrogens with one attached hydrogen (secondary N) is 1. The molecule has 3 aromatic rings. The highest BCUT2D eigenvalue weighted by atomic mass is 16.5. The van der Waals surface area contributed by atoms with Gasteiger partial charge in [0, 0.05) is 18.0 Å². The van der Waals surface area contributed by atoms with Crippen molar-refractivity contribution in [1.29, 1.82) is 0 Å². The fourth-order valence-corrected chi connectivity index (χ4v) is 5.28. The molecule has 7 heteroatoms. The molecule has 2 aromatic heterocycles. The number of benzene rings is 1. The van der Waals surface area contributed by atoms with Gasteiger partial charge in [-0.15, -0.1) is 0 Å². The van der Waals surface area contributed by atoms with Crippen molar-refractivity contribution in [2.45, 2.75) is 83.4 Å². The Labute approximate surface area is 181 Å². The SMILES string of the molecule is Cc1noc(C)c1-c1ccc2c(c1)nc(C1CCCC(=O)N1)n2C1CCC(C)(O)CC1. The summed E-state index contributed by atoms with van der Waals surface area (Å²) in [5.41, 5.74) is 4.33. The Balaban J connectivity index is 1.61. The first-order valence-corrected chi connectivity index (χ1v) is 11.3. The highest BCUT2D eigenvalue weighted by molar-refractivity contribution is 5.84. The molecule has 2 fully saturated rings. The van der Waals surface area contributed by atoms with Crippen LogP contribution in [0.5, 0.6) is 0 Å². The van der Waals surface area contributed by atoms with Crippen LogP contribution in [0.25, 0.3) is 22.2 Å². The molecular formula is C24H30N4O3. The van der Waals surface area contributed by atoms with Gasteiger partial charge in [-0.2, -0.15) is 0 Å². The fraction of sp³-hybridized carbons (Fsp3) is 0.542. The molecule has 1 saturated carbocycles. The van der Waals surface area contributed by atoms with Crippen molar-refractivity contribution in [2.24, 2.45) is 0 Å². The van der Waals surface area contributed by atoms with Gasteiger partial charge in [0.1, 0.15) is 11.6 Å². The standard InChI is InChI=1S/C24H30N4O3/c1-14-22(15(2)31-27-14)16-7-8-20-19(13-16)26-23(18-5-4-6-21(29)25-18)28(20)17-9-11-24(3,30)12-10-17/h7-8,13,17-18,30H,4-6,9-12H2,1-3H3,(H,25,29). The summed E-state index contributed by atoms with van der Waals surface area (Å²) in [6.07, 6.45) is 5.70. The van der Waals surface area contributed by atoms with Crippen LogP contribution in [0.2, 0.25) is 0 Å². The molecule has 1 amide bonds. The number of hydrogen-bond donors (Lipinski definition) is 2. The maximum absolute atomic E-state index is 12.1. The number of aromatic nitrogens is 3. The molecule has 5 rings (SSSR count). The number of nitrogens with zero attached hydrogens (tertiary/aromatic N) is 3. The Morgan fingerprint density at radius 2 is 2.00 bits per heavy atom. The third-order valence-electron chi connectivity index (χ3n) is 6.98. The summed E-state index contributed by atoms with van der Waals surface area (Å²) in [5.74, 6) is 1.83. The molecule has 0 bridgehead atoms. The maximum atomic E-state index is 12.1. The number of piperidine rings is 1. The van der Waals surface area contributed by atoms with Gasteiger partial charge in [0.15, 0.2) is 0 Å². The average molecular weight is 423 g/mol. The minimum atomic E-state index is -0.595. The Morgan fingerprint density at radius 1 is 1.23 bits per heavy atom. The molecule has 1 aliphatic carbocycles. The number of amides is 1. The molecule has 1 saturated heterocycles. The lowest BCUT2D eigenvalue weighted by Crippen LogP contribution is -2.36. The van der Waals surface area contributed by atoms with Gasteiger partial charge in [-0.05, 0) is 77.0 Å². The summed E-state index contributed by atoms with van der Waals surface area (Å²) >= 11 is 0. The monoisotopic (exact) mass is 422 g/mol. The molecule has 1 atom stereocenters. The lowest BCUT2D eigenvalue weighted by Gasteiger charge is -2.35. The quantitative estimate of drug-likeness (QED) is 0.647. The van der Waals surface area contributed by atoms with E-state index in [4.69, 9.17) is 9.51 Å². The molecule has 2 aliphatic rings. The van der Waals surface area contributed by atoms with Gasteiger partial charge in [-0.3, -0.25) is 4.79 Å². The van der Waals surface area contributed by atoms with Gasteiger partial charge < -0.3 is 19.5 Å². The predicted octanol–water partition coefficient (Wildman–Crippen LogP) is 4.52. The molecule has 164 valence electrons.